The highest BCUT2D eigenvalue weighted by Gasteiger charge is 2.11. The Morgan fingerprint density at radius 1 is 1.21 bits per heavy atom. The average Bonchev–Trinajstić information content (AvgIpc) is 2.41. The summed E-state index contributed by atoms with van der Waals surface area (Å²) in [7, 11) is 0. The van der Waals surface area contributed by atoms with E-state index in [2.05, 4.69) is 19.1 Å². The van der Waals surface area contributed by atoms with Gasteiger partial charge < -0.3 is 5.11 Å². The molecule has 2 nitrogen and oxygen atoms in total. The van der Waals surface area contributed by atoms with Crippen LogP contribution < -0.4 is 0 Å². The van der Waals surface area contributed by atoms with Crippen LogP contribution in [-0.4, -0.2) is 11.1 Å². The van der Waals surface area contributed by atoms with Gasteiger partial charge in [-0.05, 0) is 42.3 Å². The summed E-state index contributed by atoms with van der Waals surface area (Å²) in [4.78, 5) is 12.9. The molecular weight excluding hydrogens is 280 g/mol. The number of carbonyl (C=O) groups is 1. The van der Waals surface area contributed by atoms with Crippen molar-refractivity contribution in [3.05, 3.63) is 58.6 Å². The maximum atomic E-state index is 11.2. The fourth-order valence-electron chi connectivity index (χ4n) is 1.68. The summed E-state index contributed by atoms with van der Waals surface area (Å²) in [5, 5.41) is 9.61. The van der Waals surface area contributed by atoms with E-state index in [1.54, 1.807) is 12.1 Å². The lowest BCUT2D eigenvalue weighted by Gasteiger charge is -2.07. The molecule has 0 saturated carbocycles. The van der Waals surface area contributed by atoms with Gasteiger partial charge in [-0.1, -0.05) is 42.4 Å². The molecule has 4 heteroatoms. The molecule has 2 rings (SSSR count). The molecule has 19 heavy (non-hydrogen) atoms. The van der Waals surface area contributed by atoms with Gasteiger partial charge in [0.05, 0.1) is 5.56 Å². The van der Waals surface area contributed by atoms with E-state index in [9.17, 15) is 9.90 Å². The topological polar surface area (TPSA) is 37.3 Å². The molecule has 0 radical (unpaired) electrons. The fourth-order valence-corrected chi connectivity index (χ4v) is 2.77. The van der Waals surface area contributed by atoms with Crippen LogP contribution in [0.25, 0.3) is 0 Å². The summed E-state index contributed by atoms with van der Waals surface area (Å²) in [6.45, 7) is 2.10. The summed E-state index contributed by atoms with van der Waals surface area (Å²) in [6.07, 6.45) is 0.992. The van der Waals surface area contributed by atoms with E-state index < -0.39 is 5.97 Å². The van der Waals surface area contributed by atoms with Crippen molar-refractivity contribution in [3.63, 3.8) is 0 Å². The highest BCUT2D eigenvalue weighted by atomic mass is 35.5. The molecule has 0 saturated heterocycles. The third kappa shape index (κ3) is 3.52. The zero-order valence-corrected chi connectivity index (χ0v) is 12.0. The third-order valence-electron chi connectivity index (χ3n) is 2.73. The van der Waals surface area contributed by atoms with Crippen LogP contribution in [-0.2, 0) is 6.42 Å². The van der Waals surface area contributed by atoms with Crippen molar-refractivity contribution in [1.82, 2.24) is 0 Å². The Bertz CT molecular complexity index is 594. The van der Waals surface area contributed by atoms with Crippen molar-refractivity contribution >= 4 is 29.3 Å². The van der Waals surface area contributed by atoms with E-state index in [0.717, 1.165) is 11.3 Å². The molecule has 0 amide bonds. The number of carboxylic acid groups (broad SMARTS) is 1. The number of benzene rings is 2. The minimum Gasteiger partial charge on any atom is -0.478 e. The predicted molar refractivity (Wildman–Crippen MR) is 78.4 cm³/mol. The molecule has 0 fully saturated rings. The molecule has 2 aromatic carbocycles. The van der Waals surface area contributed by atoms with Crippen LogP contribution >= 0.6 is 23.4 Å². The lowest BCUT2D eigenvalue weighted by Crippen LogP contribution is -1.98. The quantitative estimate of drug-likeness (QED) is 0.883. The molecule has 1 N–H and O–H groups in total. The molecule has 98 valence electrons. The Labute approximate surface area is 121 Å². The van der Waals surface area contributed by atoms with Gasteiger partial charge in [-0.15, -0.1) is 0 Å². The largest absolute Gasteiger partial charge is 0.478 e. The molecule has 0 unspecified atom stereocenters. The van der Waals surface area contributed by atoms with E-state index in [-0.39, 0.29) is 5.56 Å². The summed E-state index contributed by atoms with van der Waals surface area (Å²) < 4.78 is 0. The Morgan fingerprint density at radius 2 is 1.89 bits per heavy atom. The second-order valence-corrected chi connectivity index (χ2v) is 5.60. The molecule has 0 bridgehead atoms. The summed E-state index contributed by atoms with van der Waals surface area (Å²) in [6, 6.07) is 13.0. The van der Waals surface area contributed by atoms with Gasteiger partial charge in [-0.2, -0.15) is 0 Å². The standard InChI is InChI=1S/C15H13ClO2S/c1-2-10-3-6-12(7-4-10)19-14-8-5-11(16)9-13(14)15(17)18/h3-9H,2H2,1H3,(H,17,18). The monoisotopic (exact) mass is 292 g/mol. The zero-order chi connectivity index (χ0) is 13.8. The van der Waals surface area contributed by atoms with E-state index in [1.807, 2.05) is 12.1 Å². The van der Waals surface area contributed by atoms with E-state index in [1.165, 1.54) is 23.4 Å². The molecular formula is C15H13ClO2S. The predicted octanol–water partition coefficient (Wildman–Crippen LogP) is 4.75. The van der Waals surface area contributed by atoms with Gasteiger partial charge in [0.15, 0.2) is 0 Å². The summed E-state index contributed by atoms with van der Waals surface area (Å²) >= 11 is 7.26. The number of rotatable bonds is 4. The second-order valence-electron chi connectivity index (χ2n) is 4.05. The van der Waals surface area contributed by atoms with Gasteiger partial charge in [0, 0.05) is 14.8 Å². The molecule has 0 aliphatic rings. The van der Waals surface area contributed by atoms with Crippen molar-refractivity contribution in [2.45, 2.75) is 23.1 Å². The average molecular weight is 293 g/mol. The smallest absolute Gasteiger partial charge is 0.336 e. The fraction of sp³-hybridized carbons (Fsp3) is 0.133. The summed E-state index contributed by atoms with van der Waals surface area (Å²) in [5.74, 6) is -0.963. The van der Waals surface area contributed by atoms with Crippen LogP contribution in [0.3, 0.4) is 0 Å². The van der Waals surface area contributed by atoms with Gasteiger partial charge in [0.25, 0.3) is 0 Å². The van der Waals surface area contributed by atoms with E-state index >= 15 is 0 Å². The van der Waals surface area contributed by atoms with Crippen LogP contribution in [0.1, 0.15) is 22.8 Å². The number of hydrogen-bond donors (Lipinski definition) is 1. The van der Waals surface area contributed by atoms with Gasteiger partial charge in [-0.3, -0.25) is 0 Å². The van der Waals surface area contributed by atoms with Gasteiger partial charge >= 0.3 is 5.97 Å². The minimum atomic E-state index is -0.963. The van der Waals surface area contributed by atoms with Crippen molar-refractivity contribution < 1.29 is 9.90 Å². The first-order valence-corrected chi connectivity index (χ1v) is 7.09. The highest BCUT2D eigenvalue weighted by Crippen LogP contribution is 2.32. The van der Waals surface area contributed by atoms with Crippen molar-refractivity contribution in [1.29, 1.82) is 0 Å². The van der Waals surface area contributed by atoms with Gasteiger partial charge in [-0.25, -0.2) is 4.79 Å². The van der Waals surface area contributed by atoms with Crippen LogP contribution in [0.4, 0.5) is 0 Å². The third-order valence-corrected chi connectivity index (χ3v) is 4.05. The number of carboxylic acids is 1. The van der Waals surface area contributed by atoms with Crippen LogP contribution in [0.15, 0.2) is 52.3 Å². The van der Waals surface area contributed by atoms with Crippen molar-refractivity contribution in [2.75, 3.05) is 0 Å². The first-order valence-electron chi connectivity index (χ1n) is 5.90. The molecule has 0 aliphatic carbocycles. The molecule has 2 aromatic rings. The highest BCUT2D eigenvalue weighted by molar-refractivity contribution is 7.99. The second kappa shape index (κ2) is 6.13. The molecule has 0 heterocycles. The number of hydrogen-bond acceptors (Lipinski definition) is 2. The van der Waals surface area contributed by atoms with Crippen molar-refractivity contribution in [3.8, 4) is 0 Å². The van der Waals surface area contributed by atoms with Crippen LogP contribution in [0.2, 0.25) is 5.02 Å². The van der Waals surface area contributed by atoms with Crippen LogP contribution in [0, 0.1) is 0 Å². The van der Waals surface area contributed by atoms with E-state index in [0.29, 0.717) is 9.92 Å². The maximum absolute atomic E-state index is 11.2. The first-order chi connectivity index (χ1) is 9.10. The Balaban J connectivity index is 2.29. The number of aryl methyl sites for hydroxylation is 1. The lowest BCUT2D eigenvalue weighted by molar-refractivity contribution is 0.0693. The zero-order valence-electron chi connectivity index (χ0n) is 10.4. The minimum absolute atomic E-state index is 0.233. The molecule has 0 atom stereocenters. The Kier molecular flexibility index (Phi) is 4.51. The number of aromatic carboxylic acids is 1. The molecule has 0 aromatic heterocycles. The van der Waals surface area contributed by atoms with Gasteiger partial charge in [0.1, 0.15) is 0 Å². The lowest BCUT2D eigenvalue weighted by atomic mass is 10.2. The van der Waals surface area contributed by atoms with Crippen LogP contribution in [0.5, 0.6) is 0 Å². The van der Waals surface area contributed by atoms with Gasteiger partial charge in [0.2, 0.25) is 0 Å². The first kappa shape index (κ1) is 14.0. The maximum Gasteiger partial charge on any atom is 0.336 e. The van der Waals surface area contributed by atoms with Crippen molar-refractivity contribution in [2.24, 2.45) is 0 Å². The Morgan fingerprint density at radius 3 is 2.47 bits per heavy atom. The van der Waals surface area contributed by atoms with E-state index in [4.69, 9.17) is 11.6 Å². The summed E-state index contributed by atoms with van der Waals surface area (Å²) in [5.41, 5.74) is 1.50. The Hall–Kier alpha value is -1.45. The normalized spacial score (nSPS) is 10.4. The number of halogens is 1. The molecule has 0 aliphatic heterocycles. The SMILES string of the molecule is CCc1ccc(Sc2ccc(Cl)cc2C(=O)O)cc1. The molecule has 0 spiro atoms.